The highest BCUT2D eigenvalue weighted by Crippen LogP contribution is 2.37. The SMILES string of the molecule is CCNC(=S)N1CCc2cc(OC)c(OC)cc2C1CNC(=O)CC. The van der Waals surface area contributed by atoms with E-state index in [1.165, 1.54) is 5.56 Å². The minimum absolute atomic E-state index is 0.0296. The fraction of sp³-hybridized carbons (Fsp3) is 0.556. The van der Waals surface area contributed by atoms with Crippen molar-refractivity contribution in [3.8, 4) is 11.5 Å². The van der Waals surface area contributed by atoms with Crippen LogP contribution in [0.5, 0.6) is 11.5 Å². The summed E-state index contributed by atoms with van der Waals surface area (Å²) in [4.78, 5) is 13.9. The Hall–Kier alpha value is -2.02. The van der Waals surface area contributed by atoms with Crippen molar-refractivity contribution in [3.05, 3.63) is 23.3 Å². The number of thiocarbonyl (C=S) groups is 1. The highest BCUT2D eigenvalue weighted by molar-refractivity contribution is 7.80. The molecule has 2 rings (SSSR count). The Bertz CT molecular complexity index is 636. The fourth-order valence-electron chi connectivity index (χ4n) is 3.08. The molecule has 2 N–H and O–H groups in total. The largest absolute Gasteiger partial charge is 0.493 e. The molecule has 138 valence electrons. The van der Waals surface area contributed by atoms with E-state index in [0.29, 0.717) is 23.8 Å². The van der Waals surface area contributed by atoms with Crippen molar-refractivity contribution in [2.24, 2.45) is 0 Å². The Morgan fingerprint density at radius 3 is 2.52 bits per heavy atom. The summed E-state index contributed by atoms with van der Waals surface area (Å²) in [5.74, 6) is 1.44. The first-order chi connectivity index (χ1) is 12.0. The smallest absolute Gasteiger partial charge is 0.219 e. The van der Waals surface area contributed by atoms with Crippen molar-refractivity contribution in [2.75, 3.05) is 33.9 Å². The Kier molecular flexibility index (Phi) is 6.87. The number of carbonyl (C=O) groups is 1. The highest BCUT2D eigenvalue weighted by Gasteiger charge is 2.30. The van der Waals surface area contributed by atoms with Crippen LogP contribution in [0.15, 0.2) is 12.1 Å². The topological polar surface area (TPSA) is 62.8 Å². The van der Waals surface area contributed by atoms with Crippen LogP contribution in [0.1, 0.15) is 37.4 Å². The first-order valence-corrected chi connectivity index (χ1v) is 9.02. The Morgan fingerprint density at radius 1 is 1.24 bits per heavy atom. The molecule has 0 fully saturated rings. The molecule has 0 aliphatic carbocycles. The van der Waals surface area contributed by atoms with Crippen LogP contribution in [0.3, 0.4) is 0 Å². The molecule has 0 saturated carbocycles. The molecule has 1 atom stereocenters. The maximum Gasteiger partial charge on any atom is 0.219 e. The van der Waals surface area contributed by atoms with Gasteiger partial charge in [0.2, 0.25) is 5.91 Å². The third-order valence-electron chi connectivity index (χ3n) is 4.41. The van der Waals surface area contributed by atoms with Gasteiger partial charge in [-0.05, 0) is 48.8 Å². The molecule has 0 bridgehead atoms. The summed E-state index contributed by atoms with van der Waals surface area (Å²) in [6.45, 7) is 5.93. The van der Waals surface area contributed by atoms with Crippen molar-refractivity contribution in [2.45, 2.75) is 32.7 Å². The third kappa shape index (κ3) is 4.34. The van der Waals surface area contributed by atoms with Crippen molar-refractivity contribution < 1.29 is 14.3 Å². The number of nitrogens with zero attached hydrogens (tertiary/aromatic N) is 1. The molecule has 1 aromatic carbocycles. The third-order valence-corrected chi connectivity index (χ3v) is 4.78. The van der Waals surface area contributed by atoms with Gasteiger partial charge in [0, 0.05) is 26.1 Å². The molecule has 1 aliphatic heterocycles. The molecule has 0 saturated heterocycles. The van der Waals surface area contributed by atoms with Gasteiger partial charge in [-0.25, -0.2) is 0 Å². The zero-order chi connectivity index (χ0) is 18.4. The normalized spacial score (nSPS) is 16.0. The second kappa shape index (κ2) is 8.89. The molecule has 6 nitrogen and oxygen atoms in total. The van der Waals surface area contributed by atoms with E-state index in [-0.39, 0.29) is 11.9 Å². The van der Waals surface area contributed by atoms with Crippen LogP contribution in [0, 0.1) is 0 Å². The summed E-state index contributed by atoms with van der Waals surface area (Å²) in [5, 5.41) is 6.92. The number of hydrogen-bond acceptors (Lipinski definition) is 4. The van der Waals surface area contributed by atoms with E-state index < -0.39 is 0 Å². The lowest BCUT2D eigenvalue weighted by Gasteiger charge is -2.39. The lowest BCUT2D eigenvalue weighted by atomic mass is 9.92. The van der Waals surface area contributed by atoms with Crippen molar-refractivity contribution >= 4 is 23.2 Å². The van der Waals surface area contributed by atoms with Crippen molar-refractivity contribution in [3.63, 3.8) is 0 Å². The van der Waals surface area contributed by atoms with E-state index in [2.05, 4.69) is 15.5 Å². The molecule has 1 aliphatic rings. The van der Waals surface area contributed by atoms with E-state index in [4.69, 9.17) is 21.7 Å². The minimum Gasteiger partial charge on any atom is -0.493 e. The maximum absolute atomic E-state index is 11.8. The number of hydrogen-bond donors (Lipinski definition) is 2. The maximum atomic E-state index is 11.8. The van der Waals surface area contributed by atoms with Gasteiger partial charge in [-0.2, -0.15) is 0 Å². The first-order valence-electron chi connectivity index (χ1n) is 8.61. The Balaban J connectivity index is 2.39. The fourth-order valence-corrected chi connectivity index (χ4v) is 3.44. The summed E-state index contributed by atoms with van der Waals surface area (Å²) in [5.41, 5.74) is 2.31. The van der Waals surface area contributed by atoms with Crippen LogP contribution in [0.25, 0.3) is 0 Å². The van der Waals surface area contributed by atoms with Crippen LogP contribution in [0.4, 0.5) is 0 Å². The van der Waals surface area contributed by atoms with E-state index in [1.54, 1.807) is 14.2 Å². The summed E-state index contributed by atoms with van der Waals surface area (Å²) >= 11 is 5.54. The van der Waals surface area contributed by atoms with Gasteiger partial charge >= 0.3 is 0 Å². The lowest BCUT2D eigenvalue weighted by molar-refractivity contribution is -0.121. The Labute approximate surface area is 154 Å². The first kappa shape index (κ1) is 19.3. The average Bonchev–Trinajstić information content (AvgIpc) is 2.64. The number of carbonyl (C=O) groups excluding carboxylic acids is 1. The van der Waals surface area contributed by atoms with E-state index in [1.807, 2.05) is 26.0 Å². The monoisotopic (exact) mass is 365 g/mol. The molecule has 7 heteroatoms. The zero-order valence-corrected chi connectivity index (χ0v) is 16.2. The summed E-state index contributed by atoms with van der Waals surface area (Å²) < 4.78 is 10.9. The standard InChI is InChI=1S/C18H27N3O3S/c1-5-17(22)20-11-14-13-10-16(24-4)15(23-3)9-12(13)7-8-21(14)18(25)19-6-2/h9-10,14H,5-8,11H2,1-4H3,(H,19,25)(H,20,22). The van der Waals surface area contributed by atoms with Gasteiger partial charge in [0.15, 0.2) is 16.6 Å². The molecule has 0 aromatic heterocycles. The number of amides is 1. The van der Waals surface area contributed by atoms with Gasteiger partial charge in [-0.15, -0.1) is 0 Å². The van der Waals surface area contributed by atoms with Crippen molar-refractivity contribution in [1.82, 2.24) is 15.5 Å². The molecule has 0 spiro atoms. The number of methoxy groups -OCH3 is 2. The van der Waals surface area contributed by atoms with E-state index in [9.17, 15) is 4.79 Å². The molecular weight excluding hydrogens is 338 g/mol. The predicted octanol–water partition coefficient (Wildman–Crippen LogP) is 2.02. The van der Waals surface area contributed by atoms with Crippen molar-refractivity contribution in [1.29, 1.82) is 0 Å². The molecule has 25 heavy (non-hydrogen) atoms. The van der Waals surface area contributed by atoms with Gasteiger partial charge in [0.1, 0.15) is 0 Å². The minimum atomic E-state index is -0.0365. The quantitative estimate of drug-likeness (QED) is 0.752. The number of benzene rings is 1. The van der Waals surface area contributed by atoms with Gasteiger partial charge in [0.05, 0.1) is 20.3 Å². The zero-order valence-electron chi connectivity index (χ0n) is 15.3. The number of fused-ring (bicyclic) bond motifs is 1. The molecule has 1 heterocycles. The van der Waals surface area contributed by atoms with Gasteiger partial charge < -0.3 is 25.0 Å². The molecule has 0 radical (unpaired) electrons. The van der Waals surface area contributed by atoms with E-state index >= 15 is 0 Å². The highest BCUT2D eigenvalue weighted by atomic mass is 32.1. The van der Waals surface area contributed by atoms with Gasteiger partial charge in [-0.1, -0.05) is 6.92 Å². The van der Waals surface area contributed by atoms with Crippen LogP contribution >= 0.6 is 12.2 Å². The van der Waals surface area contributed by atoms with Gasteiger partial charge in [-0.3, -0.25) is 4.79 Å². The summed E-state index contributed by atoms with van der Waals surface area (Å²) in [7, 11) is 3.26. The summed E-state index contributed by atoms with van der Waals surface area (Å²) in [6.07, 6.45) is 1.32. The molecular formula is C18H27N3O3S. The second-order valence-electron chi connectivity index (χ2n) is 5.86. The number of nitrogens with one attached hydrogen (secondary N) is 2. The van der Waals surface area contributed by atoms with E-state index in [0.717, 1.165) is 30.8 Å². The number of ether oxygens (including phenoxy) is 2. The lowest BCUT2D eigenvalue weighted by Crippen LogP contribution is -2.48. The molecule has 1 unspecified atom stereocenters. The van der Waals surface area contributed by atoms with Crippen LogP contribution in [-0.4, -0.2) is 49.8 Å². The second-order valence-corrected chi connectivity index (χ2v) is 6.25. The number of rotatable bonds is 6. The van der Waals surface area contributed by atoms with Gasteiger partial charge in [0.25, 0.3) is 0 Å². The molecule has 1 aromatic rings. The molecule has 1 amide bonds. The van der Waals surface area contributed by atoms with Crippen LogP contribution in [0.2, 0.25) is 0 Å². The Morgan fingerprint density at radius 2 is 1.92 bits per heavy atom. The van der Waals surface area contributed by atoms with Crippen LogP contribution < -0.4 is 20.1 Å². The van der Waals surface area contributed by atoms with Crippen LogP contribution in [-0.2, 0) is 11.2 Å². The average molecular weight is 365 g/mol. The predicted molar refractivity (Wildman–Crippen MR) is 102 cm³/mol. The summed E-state index contributed by atoms with van der Waals surface area (Å²) in [6, 6.07) is 3.99.